The maximum absolute atomic E-state index is 13.0. The fourth-order valence-corrected chi connectivity index (χ4v) is 3.94. The molecule has 7 heteroatoms. The standard InChI is InChI=1S/C20H22Cl2N2O2S/c1-3-18(20(26)23-2)24(12-14-9-10-15(21)11-17(14)22)19(25)13-27-16-7-5-4-6-8-16/h4-11,18H,3,12-13H2,1-2H3,(H,23,26)/t18-/m0/s1. The third-order valence-electron chi connectivity index (χ3n) is 4.09. The van der Waals surface area contributed by atoms with Crippen molar-refractivity contribution >= 4 is 46.8 Å². The molecule has 1 N–H and O–H groups in total. The van der Waals surface area contributed by atoms with Gasteiger partial charge in [-0.3, -0.25) is 9.59 Å². The molecule has 2 aromatic carbocycles. The molecule has 2 rings (SSSR count). The van der Waals surface area contributed by atoms with E-state index >= 15 is 0 Å². The number of rotatable bonds is 8. The highest BCUT2D eigenvalue weighted by atomic mass is 35.5. The van der Waals surface area contributed by atoms with Gasteiger partial charge in [0.15, 0.2) is 0 Å². The summed E-state index contributed by atoms with van der Waals surface area (Å²) in [6, 6.07) is 14.3. The number of nitrogens with zero attached hydrogens (tertiary/aromatic N) is 1. The highest BCUT2D eigenvalue weighted by Gasteiger charge is 2.28. The molecule has 4 nitrogen and oxygen atoms in total. The van der Waals surface area contributed by atoms with Crippen molar-refractivity contribution in [1.82, 2.24) is 10.2 Å². The van der Waals surface area contributed by atoms with Crippen LogP contribution in [0.4, 0.5) is 0 Å². The van der Waals surface area contributed by atoms with Crippen molar-refractivity contribution in [2.45, 2.75) is 30.8 Å². The zero-order valence-electron chi connectivity index (χ0n) is 15.2. The highest BCUT2D eigenvalue weighted by Crippen LogP contribution is 2.25. The van der Waals surface area contributed by atoms with Crippen LogP contribution in [0.15, 0.2) is 53.4 Å². The molecular weight excluding hydrogens is 403 g/mol. The van der Waals surface area contributed by atoms with Gasteiger partial charge in [-0.1, -0.05) is 54.4 Å². The zero-order chi connectivity index (χ0) is 19.8. The summed E-state index contributed by atoms with van der Waals surface area (Å²) >= 11 is 13.7. The molecule has 0 bridgehead atoms. The molecule has 0 radical (unpaired) electrons. The van der Waals surface area contributed by atoms with Crippen LogP contribution in [-0.4, -0.2) is 35.6 Å². The van der Waals surface area contributed by atoms with Gasteiger partial charge in [0.2, 0.25) is 11.8 Å². The number of amides is 2. The first-order valence-electron chi connectivity index (χ1n) is 8.59. The van der Waals surface area contributed by atoms with Crippen LogP contribution >= 0.6 is 35.0 Å². The van der Waals surface area contributed by atoms with E-state index in [1.54, 1.807) is 30.1 Å². The van der Waals surface area contributed by atoms with Crippen LogP contribution in [0.5, 0.6) is 0 Å². The molecule has 0 saturated carbocycles. The molecule has 144 valence electrons. The first-order valence-corrected chi connectivity index (χ1v) is 10.3. The SMILES string of the molecule is CC[C@@H](C(=O)NC)N(Cc1ccc(Cl)cc1Cl)C(=O)CSc1ccccc1. The fourth-order valence-electron chi connectivity index (χ4n) is 2.66. The summed E-state index contributed by atoms with van der Waals surface area (Å²) < 4.78 is 0. The molecule has 1 atom stereocenters. The third-order valence-corrected chi connectivity index (χ3v) is 5.68. The quantitative estimate of drug-likeness (QED) is 0.627. The fraction of sp³-hybridized carbons (Fsp3) is 0.300. The van der Waals surface area contributed by atoms with Crippen molar-refractivity contribution < 1.29 is 9.59 Å². The lowest BCUT2D eigenvalue weighted by molar-refractivity contribution is -0.139. The Morgan fingerprint density at radius 1 is 1.15 bits per heavy atom. The minimum Gasteiger partial charge on any atom is -0.357 e. The van der Waals surface area contributed by atoms with Crippen molar-refractivity contribution in [3.05, 3.63) is 64.1 Å². The lowest BCUT2D eigenvalue weighted by Crippen LogP contribution is -2.48. The summed E-state index contributed by atoms with van der Waals surface area (Å²) in [5.74, 6) is -0.0751. The van der Waals surface area contributed by atoms with E-state index in [9.17, 15) is 9.59 Å². The Morgan fingerprint density at radius 2 is 1.85 bits per heavy atom. The van der Waals surface area contributed by atoms with Gasteiger partial charge < -0.3 is 10.2 Å². The van der Waals surface area contributed by atoms with E-state index < -0.39 is 6.04 Å². The second kappa shape index (κ2) is 10.6. The third kappa shape index (κ3) is 6.16. The van der Waals surface area contributed by atoms with Crippen LogP contribution in [0.25, 0.3) is 0 Å². The number of likely N-dealkylation sites (N-methyl/N-ethyl adjacent to an activating group) is 1. The van der Waals surface area contributed by atoms with E-state index in [0.717, 1.165) is 10.5 Å². The van der Waals surface area contributed by atoms with Gasteiger partial charge in [0.05, 0.1) is 5.75 Å². The average Bonchev–Trinajstić information content (AvgIpc) is 2.68. The summed E-state index contributed by atoms with van der Waals surface area (Å²) in [5, 5.41) is 3.64. The van der Waals surface area contributed by atoms with Gasteiger partial charge in [-0.05, 0) is 36.2 Å². The van der Waals surface area contributed by atoms with Gasteiger partial charge in [0.1, 0.15) is 6.04 Å². The van der Waals surface area contributed by atoms with Crippen LogP contribution in [0.1, 0.15) is 18.9 Å². The minimum atomic E-state index is -0.564. The van der Waals surface area contributed by atoms with Crippen LogP contribution in [0.3, 0.4) is 0 Å². The number of hydrogen-bond acceptors (Lipinski definition) is 3. The smallest absolute Gasteiger partial charge is 0.242 e. The van der Waals surface area contributed by atoms with Crippen molar-refractivity contribution in [3.63, 3.8) is 0 Å². The first kappa shape index (κ1) is 21.6. The summed E-state index contributed by atoms with van der Waals surface area (Å²) in [7, 11) is 1.57. The van der Waals surface area contributed by atoms with Gasteiger partial charge in [-0.2, -0.15) is 0 Å². The molecule has 0 aromatic heterocycles. The molecule has 0 aliphatic carbocycles. The lowest BCUT2D eigenvalue weighted by Gasteiger charge is -2.30. The summed E-state index contributed by atoms with van der Waals surface area (Å²) in [6.07, 6.45) is 0.507. The molecule has 0 aliphatic rings. The average molecular weight is 425 g/mol. The largest absolute Gasteiger partial charge is 0.357 e. The molecule has 2 aromatic rings. The lowest BCUT2D eigenvalue weighted by atomic mass is 10.1. The molecule has 2 amide bonds. The van der Waals surface area contributed by atoms with E-state index in [-0.39, 0.29) is 24.1 Å². The normalized spacial score (nSPS) is 11.7. The topological polar surface area (TPSA) is 49.4 Å². The summed E-state index contributed by atoms with van der Waals surface area (Å²) in [6.45, 7) is 2.13. The number of carbonyl (C=O) groups excluding carboxylic acids is 2. The van der Waals surface area contributed by atoms with Gasteiger partial charge in [-0.15, -0.1) is 11.8 Å². The molecule has 0 fully saturated rings. The van der Waals surface area contributed by atoms with Gasteiger partial charge in [-0.25, -0.2) is 0 Å². The Morgan fingerprint density at radius 3 is 2.44 bits per heavy atom. The number of nitrogens with one attached hydrogen (secondary N) is 1. The van der Waals surface area contributed by atoms with Crippen molar-refractivity contribution in [3.8, 4) is 0 Å². The zero-order valence-corrected chi connectivity index (χ0v) is 17.6. The van der Waals surface area contributed by atoms with Crippen LogP contribution < -0.4 is 5.32 Å². The monoisotopic (exact) mass is 424 g/mol. The Balaban J connectivity index is 2.22. The van der Waals surface area contributed by atoms with E-state index in [0.29, 0.717) is 16.5 Å². The van der Waals surface area contributed by atoms with Crippen molar-refractivity contribution in [1.29, 1.82) is 0 Å². The van der Waals surface area contributed by atoms with E-state index in [4.69, 9.17) is 23.2 Å². The molecular formula is C20H22Cl2N2O2S. The molecule has 0 spiro atoms. The maximum Gasteiger partial charge on any atom is 0.242 e. The minimum absolute atomic E-state index is 0.120. The number of thioether (sulfide) groups is 1. The number of benzene rings is 2. The van der Waals surface area contributed by atoms with Crippen LogP contribution in [0.2, 0.25) is 10.0 Å². The molecule has 0 saturated heterocycles. The van der Waals surface area contributed by atoms with E-state index in [2.05, 4.69) is 5.32 Å². The van der Waals surface area contributed by atoms with Gasteiger partial charge in [0, 0.05) is 28.5 Å². The number of halogens is 2. The first-order chi connectivity index (χ1) is 13.0. The van der Waals surface area contributed by atoms with Crippen molar-refractivity contribution in [2.24, 2.45) is 0 Å². The maximum atomic E-state index is 13.0. The van der Waals surface area contributed by atoms with Crippen molar-refractivity contribution in [2.75, 3.05) is 12.8 Å². The van der Waals surface area contributed by atoms with Gasteiger partial charge in [0.25, 0.3) is 0 Å². The predicted molar refractivity (Wildman–Crippen MR) is 112 cm³/mol. The van der Waals surface area contributed by atoms with Crippen LogP contribution in [-0.2, 0) is 16.1 Å². The highest BCUT2D eigenvalue weighted by molar-refractivity contribution is 8.00. The Hall–Kier alpha value is -1.69. The summed E-state index contributed by atoms with van der Waals surface area (Å²) in [5.41, 5.74) is 0.751. The molecule has 27 heavy (non-hydrogen) atoms. The Kier molecular flexibility index (Phi) is 8.48. The Bertz CT molecular complexity index is 787. The Labute approximate surface area is 174 Å². The second-order valence-electron chi connectivity index (χ2n) is 5.90. The second-order valence-corrected chi connectivity index (χ2v) is 7.79. The van der Waals surface area contributed by atoms with Crippen LogP contribution in [0, 0.1) is 0 Å². The number of hydrogen-bond donors (Lipinski definition) is 1. The van der Waals surface area contributed by atoms with E-state index in [1.807, 2.05) is 37.3 Å². The van der Waals surface area contributed by atoms with E-state index in [1.165, 1.54) is 11.8 Å². The predicted octanol–water partition coefficient (Wildman–Crippen LogP) is 4.64. The van der Waals surface area contributed by atoms with Gasteiger partial charge >= 0.3 is 0 Å². The number of carbonyl (C=O) groups is 2. The molecule has 0 heterocycles. The molecule has 0 unspecified atom stereocenters. The summed E-state index contributed by atoms with van der Waals surface area (Å²) in [4.78, 5) is 27.9. The molecule has 0 aliphatic heterocycles.